The number of hydrogen-bond acceptors (Lipinski definition) is 4. The zero-order valence-electron chi connectivity index (χ0n) is 9.19. The van der Waals surface area contributed by atoms with Crippen LogP contribution in [0, 0.1) is 0 Å². The minimum absolute atomic E-state index is 0.00580. The number of anilines is 1. The molecule has 1 fully saturated rings. The third-order valence-electron chi connectivity index (χ3n) is 2.72. The van der Waals surface area contributed by atoms with Crippen molar-refractivity contribution in [2.75, 3.05) is 24.7 Å². The first-order valence-corrected chi connectivity index (χ1v) is 6.11. The van der Waals surface area contributed by atoms with E-state index in [4.69, 9.17) is 4.74 Å². The van der Waals surface area contributed by atoms with Crippen LogP contribution in [0.5, 0.6) is 0 Å². The fourth-order valence-corrected chi connectivity index (χ4v) is 2.27. The third-order valence-corrected chi connectivity index (χ3v) is 3.15. The van der Waals surface area contributed by atoms with E-state index in [2.05, 4.69) is 32.7 Å². The number of halogens is 1. The Morgan fingerprint density at radius 3 is 3.19 bits per heavy atom. The van der Waals surface area contributed by atoms with Gasteiger partial charge in [-0.15, -0.1) is 0 Å². The van der Waals surface area contributed by atoms with Crippen molar-refractivity contribution in [2.24, 2.45) is 0 Å². The number of pyridine rings is 1. The lowest BCUT2D eigenvalue weighted by molar-refractivity contribution is 0.0982. The van der Waals surface area contributed by atoms with Crippen LogP contribution in [-0.4, -0.2) is 35.9 Å². The fourth-order valence-electron chi connectivity index (χ4n) is 1.89. The van der Waals surface area contributed by atoms with Gasteiger partial charge in [-0.3, -0.25) is 0 Å². The van der Waals surface area contributed by atoms with Crippen molar-refractivity contribution in [1.82, 2.24) is 4.98 Å². The number of morpholine rings is 1. The Bertz CT molecular complexity index is 373. The zero-order chi connectivity index (χ0) is 11.5. The van der Waals surface area contributed by atoms with Crippen molar-refractivity contribution in [2.45, 2.75) is 19.6 Å². The number of ether oxygens (including phenoxy) is 1. The van der Waals surface area contributed by atoms with E-state index in [9.17, 15) is 5.11 Å². The maximum atomic E-state index is 9.34. The molecular formula is C11H15BrN2O2. The second-order valence-corrected chi connectivity index (χ2v) is 4.83. The van der Waals surface area contributed by atoms with Gasteiger partial charge in [0.05, 0.1) is 25.9 Å². The summed E-state index contributed by atoms with van der Waals surface area (Å²) in [6.07, 6.45) is 1.76. The molecule has 0 radical (unpaired) electrons. The molecule has 0 saturated carbocycles. The normalized spacial score (nSPS) is 21.2. The molecule has 2 rings (SSSR count). The van der Waals surface area contributed by atoms with Gasteiger partial charge in [0.15, 0.2) is 0 Å². The smallest absolute Gasteiger partial charge is 0.134 e. The molecule has 0 amide bonds. The van der Waals surface area contributed by atoms with E-state index in [-0.39, 0.29) is 6.61 Å². The lowest BCUT2D eigenvalue weighted by Gasteiger charge is -2.35. The number of aliphatic hydroxyl groups excluding tert-OH is 1. The predicted octanol–water partition coefficient (Wildman–Crippen LogP) is 1.56. The summed E-state index contributed by atoms with van der Waals surface area (Å²) < 4.78 is 6.28. The van der Waals surface area contributed by atoms with Gasteiger partial charge in [0, 0.05) is 22.8 Å². The third kappa shape index (κ3) is 2.36. The highest BCUT2D eigenvalue weighted by Crippen LogP contribution is 2.24. The Balaban J connectivity index is 2.30. The van der Waals surface area contributed by atoms with E-state index in [0.29, 0.717) is 19.3 Å². The van der Waals surface area contributed by atoms with E-state index in [1.807, 2.05) is 6.07 Å². The summed E-state index contributed by atoms with van der Waals surface area (Å²) in [4.78, 5) is 6.57. The van der Waals surface area contributed by atoms with Crippen molar-refractivity contribution in [3.63, 3.8) is 0 Å². The first-order valence-electron chi connectivity index (χ1n) is 5.32. The van der Waals surface area contributed by atoms with Crippen LogP contribution in [0.3, 0.4) is 0 Å². The lowest BCUT2D eigenvalue weighted by atomic mass is 10.2. The SMILES string of the molecule is CC1COCCN1c1ncc(Br)cc1CO. The van der Waals surface area contributed by atoms with Crippen LogP contribution in [0.25, 0.3) is 0 Å². The van der Waals surface area contributed by atoms with Crippen molar-refractivity contribution in [3.05, 3.63) is 22.3 Å². The predicted molar refractivity (Wildman–Crippen MR) is 65.5 cm³/mol. The average Bonchev–Trinajstić information content (AvgIpc) is 2.30. The fraction of sp³-hybridized carbons (Fsp3) is 0.545. The van der Waals surface area contributed by atoms with E-state index >= 15 is 0 Å². The molecule has 88 valence electrons. The number of hydrogen-bond donors (Lipinski definition) is 1. The standard InChI is InChI=1S/C11H15BrN2O2/c1-8-7-16-3-2-14(8)11-9(6-15)4-10(12)5-13-11/h4-5,8,15H,2-3,6-7H2,1H3. The van der Waals surface area contributed by atoms with Gasteiger partial charge in [-0.1, -0.05) is 0 Å². The summed E-state index contributed by atoms with van der Waals surface area (Å²) in [6, 6.07) is 2.21. The quantitative estimate of drug-likeness (QED) is 0.896. The van der Waals surface area contributed by atoms with Crippen molar-refractivity contribution in [1.29, 1.82) is 0 Å². The lowest BCUT2D eigenvalue weighted by Crippen LogP contribution is -2.44. The van der Waals surface area contributed by atoms with Crippen molar-refractivity contribution < 1.29 is 9.84 Å². The maximum Gasteiger partial charge on any atom is 0.134 e. The first kappa shape index (κ1) is 11.8. The summed E-state index contributed by atoms with van der Waals surface area (Å²) >= 11 is 3.36. The molecule has 5 heteroatoms. The molecule has 1 atom stereocenters. The van der Waals surface area contributed by atoms with Crippen LogP contribution in [0.4, 0.5) is 5.82 Å². The highest BCUT2D eigenvalue weighted by atomic mass is 79.9. The minimum Gasteiger partial charge on any atom is -0.392 e. The Hall–Kier alpha value is -0.650. The van der Waals surface area contributed by atoms with Crippen molar-refractivity contribution in [3.8, 4) is 0 Å². The molecule has 0 aliphatic carbocycles. The Morgan fingerprint density at radius 1 is 1.69 bits per heavy atom. The number of nitrogens with zero attached hydrogens (tertiary/aromatic N) is 2. The summed E-state index contributed by atoms with van der Waals surface area (Å²) in [5.41, 5.74) is 0.850. The second-order valence-electron chi connectivity index (χ2n) is 3.91. The molecule has 2 heterocycles. The van der Waals surface area contributed by atoms with Crippen LogP contribution in [-0.2, 0) is 11.3 Å². The highest BCUT2D eigenvalue weighted by molar-refractivity contribution is 9.10. The number of aliphatic hydroxyl groups is 1. The second kappa shape index (κ2) is 5.12. The summed E-state index contributed by atoms with van der Waals surface area (Å²) in [6.45, 7) is 4.36. The molecule has 0 spiro atoms. The number of rotatable bonds is 2. The summed E-state index contributed by atoms with van der Waals surface area (Å²) in [5.74, 6) is 0.863. The largest absolute Gasteiger partial charge is 0.392 e. The van der Waals surface area contributed by atoms with Crippen LogP contribution in [0.15, 0.2) is 16.7 Å². The van der Waals surface area contributed by atoms with Gasteiger partial charge in [-0.2, -0.15) is 0 Å². The molecule has 4 nitrogen and oxygen atoms in total. The van der Waals surface area contributed by atoms with Gasteiger partial charge < -0.3 is 14.7 Å². The van der Waals surface area contributed by atoms with E-state index in [0.717, 1.165) is 22.4 Å². The molecule has 1 N–H and O–H groups in total. The molecule has 1 saturated heterocycles. The van der Waals surface area contributed by atoms with Crippen LogP contribution in [0.1, 0.15) is 12.5 Å². The van der Waals surface area contributed by atoms with E-state index in [1.165, 1.54) is 0 Å². The van der Waals surface area contributed by atoms with Gasteiger partial charge in [0.1, 0.15) is 5.82 Å². The summed E-state index contributed by atoms with van der Waals surface area (Å²) in [5, 5.41) is 9.34. The van der Waals surface area contributed by atoms with Gasteiger partial charge in [0.25, 0.3) is 0 Å². The molecule has 1 aromatic heterocycles. The molecule has 1 unspecified atom stereocenters. The van der Waals surface area contributed by atoms with Gasteiger partial charge in [-0.05, 0) is 28.9 Å². The van der Waals surface area contributed by atoms with Crippen LogP contribution < -0.4 is 4.90 Å². The molecule has 16 heavy (non-hydrogen) atoms. The highest BCUT2D eigenvalue weighted by Gasteiger charge is 2.22. The minimum atomic E-state index is 0.00580. The molecule has 1 aliphatic rings. The molecule has 0 aromatic carbocycles. The van der Waals surface area contributed by atoms with Crippen LogP contribution in [0.2, 0.25) is 0 Å². The monoisotopic (exact) mass is 286 g/mol. The Kier molecular flexibility index (Phi) is 3.78. The van der Waals surface area contributed by atoms with Crippen molar-refractivity contribution >= 4 is 21.7 Å². The molecular weight excluding hydrogens is 272 g/mol. The van der Waals surface area contributed by atoms with Gasteiger partial charge >= 0.3 is 0 Å². The Morgan fingerprint density at radius 2 is 2.50 bits per heavy atom. The number of aromatic nitrogens is 1. The van der Waals surface area contributed by atoms with E-state index in [1.54, 1.807) is 6.20 Å². The van der Waals surface area contributed by atoms with Gasteiger partial charge in [-0.25, -0.2) is 4.98 Å². The van der Waals surface area contributed by atoms with Crippen LogP contribution >= 0.6 is 15.9 Å². The average molecular weight is 287 g/mol. The maximum absolute atomic E-state index is 9.34. The summed E-state index contributed by atoms with van der Waals surface area (Å²) in [7, 11) is 0. The van der Waals surface area contributed by atoms with E-state index < -0.39 is 0 Å². The van der Waals surface area contributed by atoms with Gasteiger partial charge in [0.2, 0.25) is 0 Å². The Labute approximate surface area is 103 Å². The zero-order valence-corrected chi connectivity index (χ0v) is 10.8. The topological polar surface area (TPSA) is 45.6 Å². The molecule has 1 aromatic rings. The molecule has 1 aliphatic heterocycles. The molecule has 0 bridgehead atoms. The first-order chi connectivity index (χ1) is 7.72.